The SMILES string of the molecule is [B]S(=O)(=O)NCc1ccc2c(c1)C(C)CC(=O)N2C. The molecule has 1 atom stereocenters. The first kappa shape index (κ1) is 14.1. The molecule has 1 unspecified atom stereocenters. The molecule has 5 nitrogen and oxygen atoms in total. The van der Waals surface area contributed by atoms with Crippen molar-refractivity contribution in [2.45, 2.75) is 25.8 Å². The van der Waals surface area contributed by atoms with Crippen LogP contribution in [0, 0.1) is 0 Å². The zero-order valence-electron chi connectivity index (χ0n) is 10.9. The molecule has 7 heteroatoms. The van der Waals surface area contributed by atoms with Crippen LogP contribution in [-0.4, -0.2) is 28.5 Å². The molecular formula is C12H15BN2O3S. The van der Waals surface area contributed by atoms with E-state index in [1.807, 2.05) is 19.1 Å². The molecule has 1 N–H and O–H groups in total. The van der Waals surface area contributed by atoms with Crippen molar-refractivity contribution in [3.63, 3.8) is 0 Å². The van der Waals surface area contributed by atoms with Gasteiger partial charge in [-0.25, -0.2) is 13.1 Å². The van der Waals surface area contributed by atoms with E-state index in [4.69, 9.17) is 7.12 Å². The number of carbonyl (C=O) groups excluding carboxylic acids is 1. The van der Waals surface area contributed by atoms with Gasteiger partial charge < -0.3 is 4.90 Å². The van der Waals surface area contributed by atoms with Crippen LogP contribution in [0.3, 0.4) is 0 Å². The molecule has 2 radical (unpaired) electrons. The summed E-state index contributed by atoms with van der Waals surface area (Å²) in [7, 11) is 2.95. The molecule has 1 heterocycles. The van der Waals surface area contributed by atoms with Crippen molar-refractivity contribution in [2.75, 3.05) is 11.9 Å². The van der Waals surface area contributed by atoms with E-state index >= 15 is 0 Å². The Morgan fingerprint density at radius 3 is 2.79 bits per heavy atom. The Balaban J connectivity index is 2.28. The Kier molecular flexibility index (Phi) is 3.69. The minimum atomic E-state index is -3.69. The highest BCUT2D eigenvalue weighted by Crippen LogP contribution is 2.35. The van der Waals surface area contributed by atoms with E-state index in [0.717, 1.165) is 16.8 Å². The summed E-state index contributed by atoms with van der Waals surface area (Å²) in [5, 5.41) is 0. The second-order valence-electron chi connectivity index (χ2n) is 4.82. The van der Waals surface area contributed by atoms with Gasteiger partial charge in [0.05, 0.1) is 0 Å². The zero-order chi connectivity index (χ0) is 14.2. The molecule has 0 bridgehead atoms. The lowest BCUT2D eigenvalue weighted by atomic mass is 9.90. The van der Waals surface area contributed by atoms with Crippen LogP contribution in [0.5, 0.6) is 0 Å². The minimum Gasteiger partial charge on any atom is -0.315 e. The van der Waals surface area contributed by atoms with E-state index in [0.29, 0.717) is 6.42 Å². The number of amides is 1. The Morgan fingerprint density at radius 1 is 1.47 bits per heavy atom. The van der Waals surface area contributed by atoms with Gasteiger partial charge in [-0.05, 0) is 23.1 Å². The van der Waals surface area contributed by atoms with E-state index in [2.05, 4.69) is 4.72 Å². The fourth-order valence-corrected chi connectivity index (χ4v) is 2.61. The predicted molar refractivity (Wildman–Crippen MR) is 74.4 cm³/mol. The lowest BCUT2D eigenvalue weighted by Gasteiger charge is -2.30. The van der Waals surface area contributed by atoms with Gasteiger partial charge in [-0.2, -0.15) is 0 Å². The summed E-state index contributed by atoms with van der Waals surface area (Å²) >= 11 is 0. The number of hydrogen-bond acceptors (Lipinski definition) is 3. The third-order valence-corrected chi connectivity index (χ3v) is 3.86. The molecule has 0 saturated heterocycles. The number of nitrogens with one attached hydrogen (secondary N) is 1. The maximum absolute atomic E-state index is 11.7. The van der Waals surface area contributed by atoms with Crippen molar-refractivity contribution >= 4 is 28.6 Å². The summed E-state index contributed by atoms with van der Waals surface area (Å²) in [6.45, 7) is 2.14. The first-order valence-electron chi connectivity index (χ1n) is 5.94. The molecule has 1 amide bonds. The Hall–Kier alpha value is -1.34. The van der Waals surface area contributed by atoms with Crippen LogP contribution in [0.4, 0.5) is 5.69 Å². The van der Waals surface area contributed by atoms with Crippen molar-refractivity contribution in [3.8, 4) is 0 Å². The molecule has 0 spiro atoms. The van der Waals surface area contributed by atoms with Crippen LogP contribution in [0.15, 0.2) is 18.2 Å². The highest BCUT2D eigenvalue weighted by Gasteiger charge is 2.26. The fraction of sp³-hybridized carbons (Fsp3) is 0.417. The molecule has 19 heavy (non-hydrogen) atoms. The number of rotatable bonds is 3. The molecule has 100 valence electrons. The fourth-order valence-electron chi connectivity index (χ4n) is 2.24. The van der Waals surface area contributed by atoms with Crippen LogP contribution < -0.4 is 9.62 Å². The van der Waals surface area contributed by atoms with Crippen molar-refractivity contribution in [1.82, 2.24) is 4.72 Å². The Bertz CT molecular complexity index is 615. The molecule has 1 aromatic carbocycles. The summed E-state index contributed by atoms with van der Waals surface area (Å²) in [4.78, 5) is 13.4. The highest BCUT2D eigenvalue weighted by atomic mass is 32.2. The number of fused-ring (bicyclic) bond motifs is 1. The number of benzene rings is 1. The summed E-state index contributed by atoms with van der Waals surface area (Å²) < 4.78 is 24.0. The molecule has 1 aromatic rings. The monoisotopic (exact) mass is 278 g/mol. The van der Waals surface area contributed by atoms with E-state index in [9.17, 15) is 13.2 Å². The number of hydrogen-bond donors (Lipinski definition) is 1. The average Bonchev–Trinajstić information content (AvgIpc) is 2.32. The first-order valence-corrected chi connectivity index (χ1v) is 7.49. The van der Waals surface area contributed by atoms with E-state index in [-0.39, 0.29) is 18.4 Å². The summed E-state index contributed by atoms with van der Waals surface area (Å²) in [6, 6.07) is 5.54. The van der Waals surface area contributed by atoms with Crippen molar-refractivity contribution in [2.24, 2.45) is 0 Å². The quantitative estimate of drug-likeness (QED) is 0.826. The predicted octanol–water partition coefficient (Wildman–Crippen LogP) is 0.659. The van der Waals surface area contributed by atoms with Crippen LogP contribution in [0.2, 0.25) is 0 Å². The molecule has 1 aliphatic heterocycles. The van der Waals surface area contributed by atoms with Gasteiger partial charge in [-0.1, -0.05) is 19.1 Å². The molecule has 0 fully saturated rings. The molecule has 0 saturated carbocycles. The van der Waals surface area contributed by atoms with Gasteiger partial charge in [0, 0.05) is 25.7 Å². The van der Waals surface area contributed by atoms with Gasteiger partial charge in [0.1, 0.15) is 9.87 Å². The van der Waals surface area contributed by atoms with Crippen LogP contribution in [0.1, 0.15) is 30.4 Å². The van der Waals surface area contributed by atoms with Crippen molar-refractivity contribution in [1.29, 1.82) is 0 Å². The molecule has 1 aliphatic rings. The minimum absolute atomic E-state index is 0.0930. The topological polar surface area (TPSA) is 66.5 Å². The number of anilines is 1. The second-order valence-corrected chi connectivity index (χ2v) is 6.20. The normalized spacial score (nSPS) is 19.4. The molecule has 2 rings (SSSR count). The van der Waals surface area contributed by atoms with Gasteiger partial charge in [0.25, 0.3) is 7.12 Å². The average molecular weight is 278 g/mol. The zero-order valence-corrected chi connectivity index (χ0v) is 11.7. The number of nitrogens with zero attached hydrogens (tertiary/aromatic N) is 1. The van der Waals surface area contributed by atoms with Crippen LogP contribution >= 0.6 is 0 Å². The largest absolute Gasteiger partial charge is 0.315 e. The van der Waals surface area contributed by atoms with Gasteiger partial charge >= 0.3 is 0 Å². The van der Waals surface area contributed by atoms with Crippen molar-refractivity contribution in [3.05, 3.63) is 29.3 Å². The lowest BCUT2D eigenvalue weighted by molar-refractivity contribution is -0.119. The van der Waals surface area contributed by atoms with E-state index in [1.165, 1.54) is 0 Å². The van der Waals surface area contributed by atoms with Gasteiger partial charge in [-0.3, -0.25) is 4.79 Å². The molecular weight excluding hydrogens is 263 g/mol. The second kappa shape index (κ2) is 4.98. The van der Waals surface area contributed by atoms with Gasteiger partial charge in [0.2, 0.25) is 5.91 Å². The standard InChI is InChI=1S/C12H15BN2O3S/c1-8-5-12(16)15(2)11-4-3-9(6-10(8)11)7-14-19(13,17)18/h3-4,6,8,14H,5,7H2,1-2H3. The van der Waals surface area contributed by atoms with E-state index in [1.54, 1.807) is 18.0 Å². The number of carbonyl (C=O) groups is 1. The summed E-state index contributed by atoms with van der Waals surface area (Å²) in [5.41, 5.74) is 2.75. The third kappa shape index (κ3) is 3.16. The lowest BCUT2D eigenvalue weighted by Crippen LogP contribution is -2.32. The highest BCUT2D eigenvalue weighted by molar-refractivity contribution is 8.10. The molecule has 0 aromatic heterocycles. The maximum Gasteiger partial charge on any atom is 0.277 e. The third-order valence-electron chi connectivity index (χ3n) is 3.32. The Morgan fingerprint density at radius 2 is 2.16 bits per heavy atom. The maximum atomic E-state index is 11.7. The van der Waals surface area contributed by atoms with Crippen molar-refractivity contribution < 1.29 is 13.2 Å². The van der Waals surface area contributed by atoms with Crippen LogP contribution in [-0.2, 0) is 21.2 Å². The first-order chi connectivity index (χ1) is 8.78. The smallest absolute Gasteiger partial charge is 0.277 e. The molecule has 0 aliphatic carbocycles. The van der Waals surface area contributed by atoms with Gasteiger partial charge in [-0.15, -0.1) is 0 Å². The van der Waals surface area contributed by atoms with Crippen LogP contribution in [0.25, 0.3) is 0 Å². The van der Waals surface area contributed by atoms with Gasteiger partial charge in [0.15, 0.2) is 0 Å². The Labute approximate surface area is 114 Å². The summed E-state index contributed by atoms with van der Waals surface area (Å²) in [5.74, 6) is 0.226. The van der Waals surface area contributed by atoms with E-state index < -0.39 is 9.87 Å². The summed E-state index contributed by atoms with van der Waals surface area (Å²) in [6.07, 6.45) is 0.468.